The van der Waals surface area contributed by atoms with E-state index in [-0.39, 0.29) is 0 Å². The Bertz CT molecular complexity index is 420. The van der Waals surface area contributed by atoms with Crippen LogP contribution in [-0.4, -0.2) is 37.3 Å². The quantitative estimate of drug-likeness (QED) is 0.879. The molecule has 2 fully saturated rings. The molecule has 2 aliphatic rings. The maximum Gasteiger partial charge on any atom is 0.128 e. The van der Waals surface area contributed by atoms with Crippen LogP contribution in [0.3, 0.4) is 0 Å². The van der Waals surface area contributed by atoms with Crippen molar-refractivity contribution in [3.63, 3.8) is 0 Å². The van der Waals surface area contributed by atoms with Gasteiger partial charge in [0.2, 0.25) is 0 Å². The summed E-state index contributed by atoms with van der Waals surface area (Å²) in [5.41, 5.74) is 1.33. The third-order valence-corrected chi connectivity index (χ3v) is 4.02. The number of piperidine rings is 1. The van der Waals surface area contributed by atoms with Crippen LogP contribution in [0.4, 0.5) is 5.82 Å². The summed E-state index contributed by atoms with van der Waals surface area (Å²) in [4.78, 5) is 6.86. The number of nitrogens with zero attached hydrogens (tertiary/aromatic N) is 2. The molecule has 1 aromatic rings. The minimum atomic E-state index is 0.351. The van der Waals surface area contributed by atoms with Crippen molar-refractivity contribution in [2.45, 2.75) is 44.4 Å². The monoisotopic (exact) mass is 261 g/mol. The molecule has 0 amide bonds. The number of rotatable bonds is 5. The second-order valence-electron chi connectivity index (χ2n) is 5.62. The van der Waals surface area contributed by atoms with Crippen LogP contribution in [0, 0.1) is 0 Å². The molecule has 2 heterocycles. The zero-order chi connectivity index (χ0) is 13.1. The van der Waals surface area contributed by atoms with Crippen LogP contribution in [0.2, 0.25) is 0 Å². The van der Waals surface area contributed by atoms with Gasteiger partial charge < -0.3 is 15.0 Å². The Hall–Kier alpha value is -1.13. The van der Waals surface area contributed by atoms with Gasteiger partial charge in [-0.3, -0.25) is 0 Å². The van der Waals surface area contributed by atoms with Gasteiger partial charge in [0.05, 0.1) is 6.10 Å². The second-order valence-corrected chi connectivity index (χ2v) is 5.62. The SMILES string of the molecule is COC1CCCN(c2cc(CNC3CC3)ccn2)C1. The number of hydrogen-bond donors (Lipinski definition) is 1. The highest BCUT2D eigenvalue weighted by Gasteiger charge is 2.22. The molecular weight excluding hydrogens is 238 g/mol. The van der Waals surface area contributed by atoms with Gasteiger partial charge in [0.15, 0.2) is 0 Å². The Morgan fingerprint density at radius 1 is 1.42 bits per heavy atom. The van der Waals surface area contributed by atoms with E-state index in [0.29, 0.717) is 6.10 Å². The van der Waals surface area contributed by atoms with Crippen molar-refractivity contribution in [2.75, 3.05) is 25.1 Å². The normalized spacial score (nSPS) is 23.6. The van der Waals surface area contributed by atoms with Gasteiger partial charge in [0.1, 0.15) is 5.82 Å². The third kappa shape index (κ3) is 3.45. The van der Waals surface area contributed by atoms with Gasteiger partial charge in [-0.1, -0.05) is 0 Å². The van der Waals surface area contributed by atoms with E-state index in [1.165, 1.54) is 24.8 Å². The highest BCUT2D eigenvalue weighted by atomic mass is 16.5. The van der Waals surface area contributed by atoms with Crippen molar-refractivity contribution in [1.82, 2.24) is 10.3 Å². The van der Waals surface area contributed by atoms with Gasteiger partial charge in [-0.05, 0) is 43.4 Å². The molecule has 4 nitrogen and oxygen atoms in total. The van der Waals surface area contributed by atoms with Gasteiger partial charge in [-0.15, -0.1) is 0 Å². The Balaban J connectivity index is 1.63. The summed E-state index contributed by atoms with van der Waals surface area (Å²) in [6, 6.07) is 5.08. The van der Waals surface area contributed by atoms with Gasteiger partial charge in [0, 0.05) is 39.0 Å². The van der Waals surface area contributed by atoms with Gasteiger partial charge >= 0.3 is 0 Å². The molecule has 3 rings (SSSR count). The highest BCUT2D eigenvalue weighted by Crippen LogP contribution is 2.22. The highest BCUT2D eigenvalue weighted by molar-refractivity contribution is 5.41. The smallest absolute Gasteiger partial charge is 0.128 e. The van der Waals surface area contributed by atoms with E-state index >= 15 is 0 Å². The molecule has 104 valence electrons. The molecule has 1 saturated heterocycles. The molecule has 1 unspecified atom stereocenters. The number of pyridine rings is 1. The molecule has 1 atom stereocenters. The van der Waals surface area contributed by atoms with Crippen LogP contribution in [-0.2, 0) is 11.3 Å². The number of ether oxygens (including phenoxy) is 1. The number of nitrogens with one attached hydrogen (secondary N) is 1. The molecule has 0 bridgehead atoms. The van der Waals surface area contributed by atoms with Crippen molar-refractivity contribution in [3.05, 3.63) is 23.9 Å². The zero-order valence-electron chi connectivity index (χ0n) is 11.6. The van der Waals surface area contributed by atoms with Crippen LogP contribution in [0.1, 0.15) is 31.2 Å². The molecule has 0 spiro atoms. The third-order valence-electron chi connectivity index (χ3n) is 4.02. The number of hydrogen-bond acceptors (Lipinski definition) is 4. The summed E-state index contributed by atoms with van der Waals surface area (Å²) >= 11 is 0. The maximum atomic E-state index is 5.48. The Kier molecular flexibility index (Phi) is 3.99. The molecule has 1 N–H and O–H groups in total. The molecular formula is C15H23N3O. The first-order chi connectivity index (χ1) is 9.35. The average molecular weight is 261 g/mol. The number of anilines is 1. The van der Waals surface area contributed by atoms with Crippen molar-refractivity contribution in [3.8, 4) is 0 Å². The fourth-order valence-electron chi connectivity index (χ4n) is 2.63. The summed E-state index contributed by atoms with van der Waals surface area (Å²) in [5.74, 6) is 1.09. The van der Waals surface area contributed by atoms with Crippen LogP contribution < -0.4 is 10.2 Å². The Morgan fingerprint density at radius 3 is 3.11 bits per heavy atom. The first-order valence-corrected chi connectivity index (χ1v) is 7.31. The minimum Gasteiger partial charge on any atom is -0.380 e. The largest absolute Gasteiger partial charge is 0.380 e. The van der Waals surface area contributed by atoms with Crippen molar-refractivity contribution in [2.24, 2.45) is 0 Å². The van der Waals surface area contributed by atoms with Crippen molar-refractivity contribution >= 4 is 5.82 Å². The molecule has 0 radical (unpaired) electrons. The lowest BCUT2D eigenvalue weighted by Crippen LogP contribution is -2.39. The first kappa shape index (κ1) is 12.9. The summed E-state index contributed by atoms with van der Waals surface area (Å²) in [7, 11) is 1.80. The van der Waals surface area contributed by atoms with Crippen LogP contribution in [0.5, 0.6) is 0 Å². The van der Waals surface area contributed by atoms with Gasteiger partial charge in [0.25, 0.3) is 0 Å². The molecule has 1 aliphatic heterocycles. The van der Waals surface area contributed by atoms with Crippen molar-refractivity contribution in [1.29, 1.82) is 0 Å². The lowest BCUT2D eigenvalue weighted by Gasteiger charge is -2.32. The molecule has 1 aromatic heterocycles. The van der Waals surface area contributed by atoms with E-state index in [9.17, 15) is 0 Å². The van der Waals surface area contributed by atoms with E-state index in [4.69, 9.17) is 4.74 Å². The molecule has 19 heavy (non-hydrogen) atoms. The molecule has 1 aliphatic carbocycles. The van der Waals surface area contributed by atoms with Gasteiger partial charge in [-0.25, -0.2) is 4.98 Å². The fraction of sp³-hybridized carbons (Fsp3) is 0.667. The zero-order valence-corrected chi connectivity index (χ0v) is 11.6. The predicted molar refractivity (Wildman–Crippen MR) is 76.3 cm³/mol. The minimum absolute atomic E-state index is 0.351. The standard InChI is InChI=1S/C15H23N3O/c1-19-14-3-2-8-18(11-14)15-9-12(6-7-16-15)10-17-13-4-5-13/h6-7,9,13-14,17H,2-5,8,10-11H2,1H3. The van der Waals surface area contributed by atoms with Crippen molar-refractivity contribution < 1.29 is 4.74 Å². The second kappa shape index (κ2) is 5.88. The molecule has 1 saturated carbocycles. The van der Waals surface area contributed by atoms with E-state index in [1.54, 1.807) is 7.11 Å². The molecule has 0 aromatic carbocycles. The Morgan fingerprint density at radius 2 is 2.32 bits per heavy atom. The average Bonchev–Trinajstić information content (AvgIpc) is 3.30. The van der Waals surface area contributed by atoms with E-state index in [1.807, 2.05) is 6.20 Å². The summed E-state index contributed by atoms with van der Waals surface area (Å²) in [5, 5.41) is 3.55. The van der Waals surface area contributed by atoms with Crippen LogP contribution >= 0.6 is 0 Å². The lowest BCUT2D eigenvalue weighted by atomic mass is 10.1. The molecule has 4 heteroatoms. The van der Waals surface area contributed by atoms with Crippen LogP contribution in [0.15, 0.2) is 18.3 Å². The first-order valence-electron chi connectivity index (χ1n) is 7.31. The lowest BCUT2D eigenvalue weighted by molar-refractivity contribution is 0.0891. The Labute approximate surface area is 115 Å². The number of aromatic nitrogens is 1. The van der Waals surface area contributed by atoms with Crippen LogP contribution in [0.25, 0.3) is 0 Å². The van der Waals surface area contributed by atoms with E-state index in [0.717, 1.165) is 37.9 Å². The predicted octanol–water partition coefficient (Wildman–Crippen LogP) is 1.95. The number of methoxy groups -OCH3 is 1. The van der Waals surface area contributed by atoms with Gasteiger partial charge in [-0.2, -0.15) is 0 Å². The maximum absolute atomic E-state index is 5.48. The summed E-state index contributed by atoms with van der Waals surface area (Å²) in [6.45, 7) is 3.01. The van der Waals surface area contributed by atoms with E-state index in [2.05, 4.69) is 27.3 Å². The fourth-order valence-corrected chi connectivity index (χ4v) is 2.63. The summed E-state index contributed by atoms with van der Waals surface area (Å²) < 4.78 is 5.48. The van der Waals surface area contributed by atoms with E-state index < -0.39 is 0 Å². The summed E-state index contributed by atoms with van der Waals surface area (Å²) in [6.07, 6.45) is 7.29. The topological polar surface area (TPSA) is 37.4 Å².